The number of benzene rings is 2. The first-order valence-electron chi connectivity index (χ1n) is 8.17. The molecule has 0 aliphatic heterocycles. The van der Waals surface area contributed by atoms with Crippen LogP contribution in [0.3, 0.4) is 0 Å². The van der Waals surface area contributed by atoms with Crippen molar-refractivity contribution in [1.29, 1.82) is 0 Å². The van der Waals surface area contributed by atoms with Crippen molar-refractivity contribution in [2.24, 2.45) is 5.92 Å². The van der Waals surface area contributed by atoms with Crippen LogP contribution in [0.15, 0.2) is 42.5 Å². The van der Waals surface area contributed by atoms with Crippen LogP contribution in [0.2, 0.25) is 0 Å². The number of anilines is 1. The van der Waals surface area contributed by atoms with E-state index in [1.54, 1.807) is 0 Å². The fourth-order valence-corrected chi connectivity index (χ4v) is 2.30. The third kappa shape index (κ3) is 5.61. The van der Waals surface area contributed by atoms with E-state index in [2.05, 4.69) is 25.2 Å². The van der Waals surface area contributed by atoms with Gasteiger partial charge in [0, 0.05) is 0 Å². The molecule has 24 heavy (non-hydrogen) atoms. The number of amides is 1. The zero-order chi connectivity index (χ0) is 17.5. The topological polar surface area (TPSA) is 47.6 Å². The Hall–Kier alpha value is -2.49. The Balaban J connectivity index is 1.94. The summed E-state index contributed by atoms with van der Waals surface area (Å²) < 4.78 is 11.3. The number of rotatable bonds is 7. The molecule has 0 saturated carbocycles. The van der Waals surface area contributed by atoms with Crippen molar-refractivity contribution >= 4 is 11.6 Å². The predicted molar refractivity (Wildman–Crippen MR) is 96.8 cm³/mol. The minimum atomic E-state index is -0.213. The standard InChI is InChI=1S/C20H25NO3/c1-14(2)12-24-19-8-6-5-7-18(19)21-20(22)13-23-17-10-15(3)9-16(4)11-17/h5-11,14H,12-13H2,1-4H3,(H,21,22). The molecule has 4 heteroatoms. The van der Waals surface area contributed by atoms with Crippen molar-refractivity contribution in [3.8, 4) is 11.5 Å². The van der Waals surface area contributed by atoms with Gasteiger partial charge in [-0.2, -0.15) is 0 Å². The summed E-state index contributed by atoms with van der Waals surface area (Å²) in [5, 5.41) is 2.84. The molecule has 1 amide bonds. The molecule has 2 aromatic rings. The number of carbonyl (C=O) groups is 1. The van der Waals surface area contributed by atoms with Crippen LogP contribution in [0.1, 0.15) is 25.0 Å². The van der Waals surface area contributed by atoms with E-state index in [-0.39, 0.29) is 12.5 Å². The summed E-state index contributed by atoms with van der Waals surface area (Å²) in [7, 11) is 0. The van der Waals surface area contributed by atoms with Crippen molar-refractivity contribution in [3.05, 3.63) is 53.6 Å². The van der Waals surface area contributed by atoms with Crippen molar-refractivity contribution in [1.82, 2.24) is 0 Å². The molecule has 0 aliphatic carbocycles. The lowest BCUT2D eigenvalue weighted by atomic mass is 10.1. The Labute approximate surface area is 143 Å². The van der Waals surface area contributed by atoms with E-state index < -0.39 is 0 Å². The van der Waals surface area contributed by atoms with Gasteiger partial charge in [-0.25, -0.2) is 0 Å². The lowest BCUT2D eigenvalue weighted by molar-refractivity contribution is -0.118. The molecule has 2 aromatic carbocycles. The lowest BCUT2D eigenvalue weighted by Gasteiger charge is -2.14. The van der Waals surface area contributed by atoms with Crippen molar-refractivity contribution in [2.75, 3.05) is 18.5 Å². The fraction of sp³-hybridized carbons (Fsp3) is 0.350. The number of para-hydroxylation sites is 2. The van der Waals surface area contributed by atoms with Crippen LogP contribution >= 0.6 is 0 Å². The highest BCUT2D eigenvalue weighted by Crippen LogP contribution is 2.24. The van der Waals surface area contributed by atoms with E-state index in [1.165, 1.54) is 0 Å². The number of aryl methyl sites for hydroxylation is 2. The Morgan fingerprint density at radius 2 is 1.71 bits per heavy atom. The first-order chi connectivity index (χ1) is 11.4. The van der Waals surface area contributed by atoms with Gasteiger partial charge in [0.25, 0.3) is 5.91 Å². The molecule has 0 spiro atoms. The largest absolute Gasteiger partial charge is 0.491 e. The smallest absolute Gasteiger partial charge is 0.262 e. The maximum Gasteiger partial charge on any atom is 0.262 e. The number of nitrogens with one attached hydrogen (secondary N) is 1. The molecule has 0 radical (unpaired) electrons. The van der Waals surface area contributed by atoms with Gasteiger partial charge in [0.15, 0.2) is 6.61 Å². The lowest BCUT2D eigenvalue weighted by Crippen LogP contribution is -2.21. The molecule has 2 rings (SSSR count). The molecule has 4 nitrogen and oxygen atoms in total. The van der Waals surface area contributed by atoms with Gasteiger partial charge >= 0.3 is 0 Å². The van der Waals surface area contributed by atoms with Gasteiger partial charge in [0.05, 0.1) is 12.3 Å². The summed E-state index contributed by atoms with van der Waals surface area (Å²) in [5.74, 6) is 1.58. The zero-order valence-electron chi connectivity index (χ0n) is 14.8. The van der Waals surface area contributed by atoms with Crippen molar-refractivity contribution < 1.29 is 14.3 Å². The average molecular weight is 327 g/mol. The molecular formula is C20H25NO3. The minimum absolute atomic E-state index is 0.0403. The second-order valence-electron chi connectivity index (χ2n) is 6.36. The van der Waals surface area contributed by atoms with E-state index in [1.807, 2.05) is 50.2 Å². The number of hydrogen-bond acceptors (Lipinski definition) is 3. The maximum atomic E-state index is 12.2. The Kier molecular flexibility index (Phi) is 6.24. The van der Waals surface area contributed by atoms with Gasteiger partial charge in [-0.3, -0.25) is 4.79 Å². The second-order valence-corrected chi connectivity index (χ2v) is 6.36. The molecule has 128 valence electrons. The Morgan fingerprint density at radius 3 is 2.38 bits per heavy atom. The molecular weight excluding hydrogens is 302 g/mol. The number of carbonyl (C=O) groups excluding carboxylic acids is 1. The van der Waals surface area contributed by atoms with Crippen LogP contribution < -0.4 is 14.8 Å². The summed E-state index contributed by atoms with van der Waals surface area (Å²) in [6.07, 6.45) is 0. The SMILES string of the molecule is Cc1cc(C)cc(OCC(=O)Nc2ccccc2OCC(C)C)c1. The van der Waals surface area contributed by atoms with Crippen LogP contribution in [0.5, 0.6) is 11.5 Å². The highest BCUT2D eigenvalue weighted by atomic mass is 16.5. The third-order valence-electron chi connectivity index (χ3n) is 3.30. The highest BCUT2D eigenvalue weighted by Gasteiger charge is 2.09. The first-order valence-corrected chi connectivity index (χ1v) is 8.17. The Bertz CT molecular complexity index is 675. The first kappa shape index (κ1) is 17.9. The molecule has 0 heterocycles. The van der Waals surface area contributed by atoms with Gasteiger partial charge < -0.3 is 14.8 Å². The summed E-state index contributed by atoms with van der Waals surface area (Å²) in [4.78, 5) is 12.2. The molecule has 0 saturated heterocycles. The van der Waals surface area contributed by atoms with Crippen LogP contribution in [0, 0.1) is 19.8 Å². The van der Waals surface area contributed by atoms with Gasteiger partial charge in [-0.1, -0.05) is 32.0 Å². The third-order valence-corrected chi connectivity index (χ3v) is 3.30. The molecule has 0 atom stereocenters. The van der Waals surface area contributed by atoms with E-state index in [0.717, 1.165) is 11.1 Å². The molecule has 1 N–H and O–H groups in total. The van der Waals surface area contributed by atoms with Gasteiger partial charge in [-0.05, 0) is 55.2 Å². The van der Waals surface area contributed by atoms with Gasteiger partial charge in [0.2, 0.25) is 0 Å². The number of hydrogen-bond donors (Lipinski definition) is 1. The fourth-order valence-electron chi connectivity index (χ4n) is 2.30. The molecule has 0 aromatic heterocycles. The maximum absolute atomic E-state index is 12.2. The number of ether oxygens (including phenoxy) is 2. The monoisotopic (exact) mass is 327 g/mol. The highest BCUT2D eigenvalue weighted by molar-refractivity contribution is 5.93. The molecule has 0 fully saturated rings. The van der Waals surface area contributed by atoms with Crippen LogP contribution in [-0.4, -0.2) is 19.1 Å². The van der Waals surface area contributed by atoms with E-state index >= 15 is 0 Å². The molecule has 0 bridgehead atoms. The van der Waals surface area contributed by atoms with Gasteiger partial charge in [-0.15, -0.1) is 0 Å². The van der Waals surface area contributed by atoms with Gasteiger partial charge in [0.1, 0.15) is 11.5 Å². The average Bonchev–Trinajstić information content (AvgIpc) is 2.51. The van der Waals surface area contributed by atoms with Crippen molar-refractivity contribution in [2.45, 2.75) is 27.7 Å². The van der Waals surface area contributed by atoms with Crippen LogP contribution in [0.4, 0.5) is 5.69 Å². The summed E-state index contributed by atoms with van der Waals surface area (Å²) >= 11 is 0. The van der Waals surface area contributed by atoms with E-state index in [0.29, 0.717) is 29.7 Å². The predicted octanol–water partition coefficient (Wildman–Crippen LogP) is 4.36. The van der Waals surface area contributed by atoms with Crippen molar-refractivity contribution in [3.63, 3.8) is 0 Å². The van der Waals surface area contributed by atoms with E-state index in [9.17, 15) is 4.79 Å². The quantitative estimate of drug-likeness (QED) is 0.822. The summed E-state index contributed by atoms with van der Waals surface area (Å²) in [5.41, 5.74) is 2.88. The second kappa shape index (κ2) is 8.39. The zero-order valence-corrected chi connectivity index (χ0v) is 14.8. The van der Waals surface area contributed by atoms with Crippen LogP contribution in [0.25, 0.3) is 0 Å². The summed E-state index contributed by atoms with van der Waals surface area (Å²) in [6.45, 7) is 8.73. The Morgan fingerprint density at radius 1 is 1.04 bits per heavy atom. The molecule has 0 unspecified atom stereocenters. The minimum Gasteiger partial charge on any atom is -0.491 e. The van der Waals surface area contributed by atoms with Crippen LogP contribution in [-0.2, 0) is 4.79 Å². The molecule has 0 aliphatic rings. The normalized spacial score (nSPS) is 10.5. The summed E-state index contributed by atoms with van der Waals surface area (Å²) in [6, 6.07) is 13.3. The van der Waals surface area contributed by atoms with E-state index in [4.69, 9.17) is 9.47 Å².